The number of carbonyl (C=O) groups is 1. The van der Waals surface area contributed by atoms with E-state index in [-0.39, 0.29) is 5.91 Å². The highest BCUT2D eigenvalue weighted by atomic mass is 16.2. The van der Waals surface area contributed by atoms with Crippen molar-refractivity contribution in [3.63, 3.8) is 0 Å². The van der Waals surface area contributed by atoms with Gasteiger partial charge >= 0.3 is 0 Å². The van der Waals surface area contributed by atoms with Crippen LogP contribution in [0.15, 0.2) is 36.5 Å². The van der Waals surface area contributed by atoms with E-state index in [1.54, 1.807) is 17.2 Å². The van der Waals surface area contributed by atoms with E-state index in [9.17, 15) is 4.79 Å². The molecule has 0 unspecified atom stereocenters. The third-order valence-corrected chi connectivity index (χ3v) is 3.25. The first-order valence-electron chi connectivity index (χ1n) is 6.63. The molecule has 0 fully saturated rings. The Morgan fingerprint density at radius 1 is 1.25 bits per heavy atom. The number of nitrogen functional groups attached to an aromatic ring is 1. The molecule has 104 valence electrons. The summed E-state index contributed by atoms with van der Waals surface area (Å²) in [6, 6.07) is 9.57. The van der Waals surface area contributed by atoms with Crippen LogP contribution in [0.5, 0.6) is 0 Å². The lowest BCUT2D eigenvalue weighted by molar-refractivity contribution is 0.0987. The van der Waals surface area contributed by atoms with Gasteiger partial charge in [0.2, 0.25) is 0 Å². The van der Waals surface area contributed by atoms with Gasteiger partial charge in [0.25, 0.3) is 5.91 Å². The van der Waals surface area contributed by atoms with Crippen molar-refractivity contribution in [2.45, 2.75) is 20.8 Å². The molecule has 0 atom stereocenters. The van der Waals surface area contributed by atoms with Gasteiger partial charge in [0.05, 0.1) is 23.1 Å². The Labute approximate surface area is 119 Å². The van der Waals surface area contributed by atoms with Gasteiger partial charge in [0.1, 0.15) is 0 Å². The second-order valence-corrected chi connectivity index (χ2v) is 4.79. The van der Waals surface area contributed by atoms with Gasteiger partial charge in [-0.3, -0.25) is 9.78 Å². The number of rotatable bonds is 3. The van der Waals surface area contributed by atoms with Crippen molar-refractivity contribution >= 4 is 17.3 Å². The summed E-state index contributed by atoms with van der Waals surface area (Å²) in [6.07, 6.45) is 1.56. The minimum atomic E-state index is -0.0753. The van der Waals surface area contributed by atoms with Crippen molar-refractivity contribution in [2.75, 3.05) is 17.2 Å². The summed E-state index contributed by atoms with van der Waals surface area (Å²) in [5.41, 5.74) is 9.51. The number of nitrogens with zero attached hydrogens (tertiary/aromatic N) is 2. The summed E-state index contributed by atoms with van der Waals surface area (Å²) in [6.45, 7) is 6.38. The molecule has 2 rings (SSSR count). The third kappa shape index (κ3) is 2.79. The second-order valence-electron chi connectivity index (χ2n) is 4.79. The van der Waals surface area contributed by atoms with Crippen molar-refractivity contribution in [3.8, 4) is 0 Å². The molecule has 0 radical (unpaired) electrons. The zero-order chi connectivity index (χ0) is 14.7. The number of hydrogen-bond acceptors (Lipinski definition) is 3. The average Bonchev–Trinajstić information content (AvgIpc) is 2.44. The monoisotopic (exact) mass is 269 g/mol. The molecule has 1 heterocycles. The zero-order valence-electron chi connectivity index (χ0n) is 12.1. The fraction of sp³-hybridized carbons (Fsp3) is 0.250. The summed E-state index contributed by atoms with van der Waals surface area (Å²) in [4.78, 5) is 18.5. The maximum Gasteiger partial charge on any atom is 0.260 e. The molecule has 0 aliphatic carbocycles. The molecule has 0 saturated heterocycles. The Morgan fingerprint density at radius 2 is 1.90 bits per heavy atom. The van der Waals surface area contributed by atoms with Gasteiger partial charge in [-0.15, -0.1) is 0 Å². The number of aryl methyl sites for hydroxylation is 2. The van der Waals surface area contributed by atoms with Gasteiger partial charge in [-0.1, -0.05) is 17.7 Å². The minimum Gasteiger partial charge on any atom is -0.397 e. The normalized spacial score (nSPS) is 10.3. The summed E-state index contributed by atoms with van der Waals surface area (Å²) in [7, 11) is 0. The highest BCUT2D eigenvalue weighted by Crippen LogP contribution is 2.20. The molecule has 0 bridgehead atoms. The number of benzene rings is 1. The maximum atomic E-state index is 12.7. The highest BCUT2D eigenvalue weighted by molar-refractivity contribution is 6.07. The van der Waals surface area contributed by atoms with E-state index < -0.39 is 0 Å². The van der Waals surface area contributed by atoms with Crippen LogP contribution in [-0.2, 0) is 0 Å². The van der Waals surface area contributed by atoms with Crippen LogP contribution in [0.25, 0.3) is 0 Å². The van der Waals surface area contributed by atoms with Crippen molar-refractivity contribution in [1.82, 2.24) is 4.98 Å². The molecule has 0 aliphatic rings. The van der Waals surface area contributed by atoms with Crippen molar-refractivity contribution < 1.29 is 4.79 Å². The van der Waals surface area contributed by atoms with E-state index in [4.69, 9.17) is 5.73 Å². The number of nitrogens with two attached hydrogens (primary N) is 1. The van der Waals surface area contributed by atoms with Crippen molar-refractivity contribution in [2.24, 2.45) is 0 Å². The van der Waals surface area contributed by atoms with Crippen LogP contribution in [0.1, 0.15) is 28.5 Å². The lowest BCUT2D eigenvalue weighted by Gasteiger charge is -2.22. The number of carbonyl (C=O) groups excluding carboxylic acids is 1. The molecule has 1 amide bonds. The summed E-state index contributed by atoms with van der Waals surface area (Å²) >= 11 is 0. The zero-order valence-corrected chi connectivity index (χ0v) is 12.1. The quantitative estimate of drug-likeness (QED) is 0.932. The van der Waals surface area contributed by atoms with Gasteiger partial charge in [-0.05, 0) is 39.0 Å². The molecule has 0 saturated carbocycles. The van der Waals surface area contributed by atoms with E-state index in [0.717, 1.165) is 5.69 Å². The number of amides is 1. The first-order chi connectivity index (χ1) is 9.52. The lowest BCUT2D eigenvalue weighted by atomic mass is 10.1. The van der Waals surface area contributed by atoms with Crippen molar-refractivity contribution in [1.29, 1.82) is 0 Å². The Morgan fingerprint density at radius 3 is 2.50 bits per heavy atom. The van der Waals surface area contributed by atoms with E-state index in [0.29, 0.717) is 23.5 Å². The number of anilines is 2. The molecule has 2 N–H and O–H groups in total. The van der Waals surface area contributed by atoms with Crippen LogP contribution in [0.3, 0.4) is 0 Å². The molecule has 1 aromatic carbocycles. The fourth-order valence-corrected chi connectivity index (χ4v) is 2.08. The van der Waals surface area contributed by atoms with Crippen LogP contribution < -0.4 is 10.6 Å². The minimum absolute atomic E-state index is 0.0753. The standard InChI is InChI=1S/C16H19N3O/c1-4-19(14-7-5-11(2)6-8-14)16(20)15-9-13(17)10-18-12(15)3/h5-10H,4,17H2,1-3H3. The van der Waals surface area contributed by atoms with Gasteiger partial charge < -0.3 is 10.6 Å². The first-order valence-corrected chi connectivity index (χ1v) is 6.63. The number of hydrogen-bond donors (Lipinski definition) is 1. The topological polar surface area (TPSA) is 59.2 Å². The predicted molar refractivity (Wildman–Crippen MR) is 81.9 cm³/mol. The first kappa shape index (κ1) is 14.1. The molecule has 2 aromatic rings. The van der Waals surface area contributed by atoms with Gasteiger partial charge in [0, 0.05) is 12.2 Å². The maximum absolute atomic E-state index is 12.7. The van der Waals surface area contributed by atoms with Crippen LogP contribution in [0.2, 0.25) is 0 Å². The Hall–Kier alpha value is -2.36. The van der Waals surface area contributed by atoms with Gasteiger partial charge in [0.15, 0.2) is 0 Å². The van der Waals surface area contributed by atoms with E-state index in [1.807, 2.05) is 45.0 Å². The molecular formula is C16H19N3O. The molecule has 4 nitrogen and oxygen atoms in total. The molecule has 20 heavy (non-hydrogen) atoms. The van der Waals surface area contributed by atoms with Crippen LogP contribution in [0, 0.1) is 13.8 Å². The summed E-state index contributed by atoms with van der Waals surface area (Å²) in [5.74, 6) is -0.0753. The SMILES string of the molecule is CCN(C(=O)c1cc(N)cnc1C)c1ccc(C)cc1. The van der Waals surface area contributed by atoms with Gasteiger partial charge in [-0.25, -0.2) is 0 Å². The predicted octanol–water partition coefficient (Wildman–Crippen LogP) is 2.95. The summed E-state index contributed by atoms with van der Waals surface area (Å²) in [5, 5.41) is 0. The van der Waals surface area contributed by atoms with E-state index in [1.165, 1.54) is 5.56 Å². The molecular weight excluding hydrogens is 250 g/mol. The fourth-order valence-electron chi connectivity index (χ4n) is 2.08. The second kappa shape index (κ2) is 5.74. The van der Waals surface area contributed by atoms with E-state index in [2.05, 4.69) is 4.98 Å². The molecule has 1 aromatic heterocycles. The van der Waals surface area contributed by atoms with Crippen LogP contribution >= 0.6 is 0 Å². The van der Waals surface area contributed by atoms with Gasteiger partial charge in [-0.2, -0.15) is 0 Å². The Bertz CT molecular complexity index is 620. The van der Waals surface area contributed by atoms with Crippen LogP contribution in [0.4, 0.5) is 11.4 Å². The molecule has 0 aliphatic heterocycles. The average molecular weight is 269 g/mol. The smallest absolute Gasteiger partial charge is 0.260 e. The largest absolute Gasteiger partial charge is 0.397 e. The summed E-state index contributed by atoms with van der Waals surface area (Å²) < 4.78 is 0. The Balaban J connectivity index is 2.38. The lowest BCUT2D eigenvalue weighted by Crippen LogP contribution is -2.31. The number of aromatic nitrogens is 1. The Kier molecular flexibility index (Phi) is 4.03. The molecule has 4 heteroatoms. The highest BCUT2D eigenvalue weighted by Gasteiger charge is 2.18. The molecule has 0 spiro atoms. The van der Waals surface area contributed by atoms with Crippen molar-refractivity contribution in [3.05, 3.63) is 53.3 Å². The third-order valence-electron chi connectivity index (χ3n) is 3.25. The van der Waals surface area contributed by atoms with E-state index >= 15 is 0 Å². The number of pyridine rings is 1. The van der Waals surface area contributed by atoms with Crippen LogP contribution in [-0.4, -0.2) is 17.4 Å².